The van der Waals surface area contributed by atoms with Crippen LogP contribution in [0.5, 0.6) is 0 Å². The van der Waals surface area contributed by atoms with E-state index >= 15 is 0 Å². The van der Waals surface area contributed by atoms with E-state index in [0.717, 1.165) is 49.7 Å². The molecule has 3 heterocycles. The Labute approximate surface area is 196 Å². The minimum atomic E-state index is -0.454. The van der Waals surface area contributed by atoms with Crippen LogP contribution in [0.25, 0.3) is 0 Å². The lowest BCUT2D eigenvalue weighted by molar-refractivity contribution is -0.384. The van der Waals surface area contributed by atoms with Crippen LogP contribution in [0, 0.1) is 10.1 Å². The van der Waals surface area contributed by atoms with E-state index in [4.69, 9.17) is 0 Å². The molecule has 1 aromatic carbocycles. The minimum Gasteiger partial charge on any atom is -0.369 e. The number of benzene rings is 1. The van der Waals surface area contributed by atoms with Gasteiger partial charge in [0.05, 0.1) is 9.92 Å². The molecule has 1 aliphatic carbocycles. The first-order valence-electron chi connectivity index (χ1n) is 11.3. The molecular weight excluding hydrogens is 438 g/mol. The summed E-state index contributed by atoms with van der Waals surface area (Å²) >= 11 is 1.65. The van der Waals surface area contributed by atoms with Crippen LogP contribution in [0.3, 0.4) is 0 Å². The summed E-state index contributed by atoms with van der Waals surface area (Å²) in [5, 5.41) is 18.8. The monoisotopic (exact) mass is 465 g/mol. The molecule has 0 radical (unpaired) electrons. The third kappa shape index (κ3) is 4.91. The number of hydrogen-bond acceptors (Lipinski definition) is 9. The number of likely N-dealkylation sites (N-methyl/N-ethyl adjacent to an activating group) is 1. The lowest BCUT2D eigenvalue weighted by Gasteiger charge is -2.34. The zero-order valence-electron chi connectivity index (χ0n) is 18.6. The summed E-state index contributed by atoms with van der Waals surface area (Å²) in [6.45, 7) is 4.13. The first kappa shape index (κ1) is 21.6. The summed E-state index contributed by atoms with van der Waals surface area (Å²) < 4.78 is 0. The Balaban J connectivity index is 1.32. The minimum absolute atomic E-state index is 0.141. The molecule has 0 spiro atoms. The van der Waals surface area contributed by atoms with Gasteiger partial charge in [-0.3, -0.25) is 10.1 Å². The molecule has 0 bridgehead atoms. The highest BCUT2D eigenvalue weighted by Gasteiger charge is 2.20. The smallest absolute Gasteiger partial charge is 0.329 e. The molecule has 9 nitrogen and oxygen atoms in total. The average Bonchev–Trinajstić information content (AvgIpc) is 3.22. The Kier molecular flexibility index (Phi) is 6.10. The number of nitro groups is 1. The highest BCUT2D eigenvalue weighted by molar-refractivity contribution is 7.16. The normalized spacial score (nSPS) is 16.3. The number of aromatic nitrogens is 2. The summed E-state index contributed by atoms with van der Waals surface area (Å²) in [4.78, 5) is 25.7. The first-order chi connectivity index (χ1) is 16.0. The van der Waals surface area contributed by atoms with E-state index in [-0.39, 0.29) is 11.5 Å². The van der Waals surface area contributed by atoms with Crippen LogP contribution in [0.4, 0.5) is 33.8 Å². The predicted octanol–water partition coefficient (Wildman–Crippen LogP) is 4.56. The average molecular weight is 466 g/mol. The van der Waals surface area contributed by atoms with Gasteiger partial charge in [0.25, 0.3) is 0 Å². The Morgan fingerprint density at radius 1 is 1.06 bits per heavy atom. The van der Waals surface area contributed by atoms with Crippen molar-refractivity contribution in [1.29, 1.82) is 0 Å². The van der Waals surface area contributed by atoms with Crippen LogP contribution in [-0.2, 0) is 12.8 Å². The maximum absolute atomic E-state index is 11.5. The molecule has 2 N–H and O–H groups in total. The van der Waals surface area contributed by atoms with Gasteiger partial charge in [-0.1, -0.05) is 0 Å². The molecule has 172 valence electrons. The number of aryl methyl sites for hydroxylation is 2. The number of anilines is 5. The van der Waals surface area contributed by atoms with E-state index in [1.54, 1.807) is 11.3 Å². The van der Waals surface area contributed by atoms with E-state index in [1.165, 1.54) is 35.2 Å². The second-order valence-corrected chi connectivity index (χ2v) is 9.67. The van der Waals surface area contributed by atoms with Gasteiger partial charge in [-0.25, -0.2) is 4.98 Å². The second-order valence-electron chi connectivity index (χ2n) is 8.54. The fourth-order valence-electron chi connectivity index (χ4n) is 4.28. The van der Waals surface area contributed by atoms with E-state index in [9.17, 15) is 10.1 Å². The molecule has 0 unspecified atom stereocenters. The number of nitrogens with one attached hydrogen (secondary N) is 2. The molecule has 1 aliphatic heterocycles. The molecule has 1 saturated heterocycles. The highest BCUT2D eigenvalue weighted by atomic mass is 32.1. The summed E-state index contributed by atoms with van der Waals surface area (Å²) in [7, 11) is 2.14. The van der Waals surface area contributed by atoms with Crippen molar-refractivity contribution in [2.75, 3.05) is 48.8 Å². The Morgan fingerprint density at radius 2 is 1.82 bits per heavy atom. The molecule has 1 fully saturated rings. The number of hydrogen-bond donors (Lipinski definition) is 2. The van der Waals surface area contributed by atoms with E-state index in [2.05, 4.69) is 55.6 Å². The van der Waals surface area contributed by atoms with Crippen molar-refractivity contribution in [2.45, 2.75) is 25.7 Å². The van der Waals surface area contributed by atoms with Crippen LogP contribution in [-0.4, -0.2) is 53.0 Å². The Morgan fingerprint density at radius 3 is 2.55 bits per heavy atom. The van der Waals surface area contributed by atoms with Crippen molar-refractivity contribution >= 4 is 45.2 Å². The summed E-state index contributed by atoms with van der Waals surface area (Å²) in [6, 6.07) is 10.2. The zero-order chi connectivity index (χ0) is 22.8. The third-order valence-electron chi connectivity index (χ3n) is 6.20. The van der Waals surface area contributed by atoms with Crippen molar-refractivity contribution < 1.29 is 4.92 Å². The first-order valence-corrected chi connectivity index (χ1v) is 12.1. The van der Waals surface area contributed by atoms with Crippen LogP contribution >= 0.6 is 11.3 Å². The maximum atomic E-state index is 11.5. The number of piperazine rings is 1. The van der Waals surface area contributed by atoms with Crippen LogP contribution in [0.1, 0.15) is 23.3 Å². The molecule has 0 atom stereocenters. The molecular formula is C23H27N7O2S. The van der Waals surface area contributed by atoms with Gasteiger partial charge in [-0.05, 0) is 68.6 Å². The quantitative estimate of drug-likeness (QED) is 0.404. The van der Waals surface area contributed by atoms with Crippen LogP contribution in [0.2, 0.25) is 0 Å². The van der Waals surface area contributed by atoms with E-state index < -0.39 is 4.92 Å². The van der Waals surface area contributed by atoms with Gasteiger partial charge in [0, 0.05) is 42.4 Å². The second kappa shape index (κ2) is 9.32. The molecule has 0 saturated carbocycles. The van der Waals surface area contributed by atoms with Crippen molar-refractivity contribution in [2.24, 2.45) is 0 Å². The number of thiophene rings is 1. The van der Waals surface area contributed by atoms with Gasteiger partial charge < -0.3 is 20.4 Å². The molecule has 2 aliphatic rings. The molecule has 3 aromatic rings. The topological polar surface area (TPSA) is 99.5 Å². The van der Waals surface area contributed by atoms with Crippen molar-refractivity contribution in [1.82, 2.24) is 14.9 Å². The lowest BCUT2D eigenvalue weighted by atomic mass is 10.00. The van der Waals surface area contributed by atoms with Gasteiger partial charge in [0.2, 0.25) is 11.8 Å². The van der Waals surface area contributed by atoms with Crippen LogP contribution in [0.15, 0.2) is 36.5 Å². The lowest BCUT2D eigenvalue weighted by Crippen LogP contribution is -2.44. The Bertz CT molecular complexity index is 1120. The van der Waals surface area contributed by atoms with Gasteiger partial charge in [0.15, 0.2) is 0 Å². The maximum Gasteiger partial charge on any atom is 0.329 e. The van der Waals surface area contributed by atoms with E-state index in [1.807, 2.05) is 12.1 Å². The standard InChI is InChI=1S/C23H27N7O2S/c1-28-10-12-29(13-11-28)18-8-6-17(7-9-18)25-23-24-15-19(30(31)32)22(27-23)26-21-14-16-4-2-3-5-20(16)33-21/h6-9,14-15H,2-5,10-13H2,1H3,(H2,24,25,26,27). The number of fused-ring (bicyclic) bond motifs is 1. The summed E-state index contributed by atoms with van der Waals surface area (Å²) in [5.74, 6) is 0.516. The van der Waals surface area contributed by atoms with Crippen molar-refractivity contribution in [3.63, 3.8) is 0 Å². The molecule has 33 heavy (non-hydrogen) atoms. The fourth-order valence-corrected chi connectivity index (χ4v) is 5.43. The summed E-state index contributed by atoms with van der Waals surface area (Å²) in [5.41, 5.74) is 3.21. The van der Waals surface area contributed by atoms with Crippen molar-refractivity contribution in [3.8, 4) is 0 Å². The zero-order valence-corrected chi connectivity index (χ0v) is 19.4. The van der Waals surface area contributed by atoms with E-state index in [0.29, 0.717) is 5.95 Å². The number of rotatable bonds is 6. The molecule has 0 amide bonds. The van der Waals surface area contributed by atoms with Crippen molar-refractivity contribution in [3.05, 3.63) is 57.1 Å². The third-order valence-corrected chi connectivity index (χ3v) is 7.35. The highest BCUT2D eigenvalue weighted by Crippen LogP contribution is 2.36. The van der Waals surface area contributed by atoms with Gasteiger partial charge in [-0.2, -0.15) is 4.98 Å². The van der Waals surface area contributed by atoms with Crippen LogP contribution < -0.4 is 15.5 Å². The van der Waals surface area contributed by atoms with Gasteiger partial charge in [0.1, 0.15) is 6.20 Å². The number of nitrogens with zero attached hydrogens (tertiary/aromatic N) is 5. The SMILES string of the molecule is CN1CCN(c2ccc(Nc3ncc([N+](=O)[O-])c(Nc4cc5c(s4)CCCC5)n3)cc2)CC1. The predicted molar refractivity (Wildman–Crippen MR) is 132 cm³/mol. The molecule has 2 aromatic heterocycles. The van der Waals surface area contributed by atoms with Gasteiger partial charge in [-0.15, -0.1) is 11.3 Å². The molecule has 5 rings (SSSR count). The summed E-state index contributed by atoms with van der Waals surface area (Å²) in [6.07, 6.45) is 5.78. The Hall–Kier alpha value is -3.24. The largest absolute Gasteiger partial charge is 0.369 e. The fraction of sp³-hybridized carbons (Fsp3) is 0.391. The van der Waals surface area contributed by atoms with Gasteiger partial charge >= 0.3 is 5.69 Å². The molecule has 10 heteroatoms.